The monoisotopic (exact) mass is 294 g/mol. The zero-order valence-corrected chi connectivity index (χ0v) is 12.3. The van der Waals surface area contributed by atoms with Gasteiger partial charge in [0.15, 0.2) is 0 Å². The van der Waals surface area contributed by atoms with Crippen LogP contribution in [0.2, 0.25) is 0 Å². The van der Waals surface area contributed by atoms with Crippen LogP contribution in [0.5, 0.6) is 5.75 Å². The smallest absolute Gasteiger partial charge is 0.340 e. The van der Waals surface area contributed by atoms with Gasteiger partial charge in [0.05, 0.1) is 12.2 Å². The minimum atomic E-state index is -1.29. The Hall–Kier alpha value is -2.04. The van der Waals surface area contributed by atoms with Gasteiger partial charge in [-0.15, -0.1) is 0 Å². The molecule has 0 aromatic heterocycles. The first-order valence-electron chi connectivity index (χ1n) is 7.30. The van der Waals surface area contributed by atoms with Gasteiger partial charge in [-0.3, -0.25) is 0 Å². The Labute approximate surface area is 124 Å². The number of carboxylic acid groups (broad SMARTS) is 2. The lowest BCUT2D eigenvalue weighted by molar-refractivity contribution is 0.0647. The van der Waals surface area contributed by atoms with Crippen molar-refractivity contribution in [3.8, 4) is 5.75 Å². The summed E-state index contributed by atoms with van der Waals surface area (Å²) in [5.41, 5.74) is -0.529. The summed E-state index contributed by atoms with van der Waals surface area (Å²) >= 11 is 0. The highest BCUT2D eigenvalue weighted by molar-refractivity contribution is 6.03. The van der Waals surface area contributed by atoms with E-state index in [0.29, 0.717) is 6.61 Å². The molecule has 21 heavy (non-hydrogen) atoms. The van der Waals surface area contributed by atoms with Crippen LogP contribution in [0, 0.1) is 0 Å². The number of rotatable bonds is 10. The molecule has 1 aromatic rings. The molecule has 2 N–H and O–H groups in total. The summed E-state index contributed by atoms with van der Waals surface area (Å²) in [6.45, 7) is 2.56. The standard InChI is InChI=1S/C16H22O5/c1-2-3-4-5-6-7-11-21-13-10-8-9-12(15(17)18)14(13)16(19)20/h8-10H,2-7,11H2,1H3,(H,17,18)(H,19,20). The second kappa shape index (κ2) is 9.00. The fourth-order valence-electron chi connectivity index (χ4n) is 2.11. The van der Waals surface area contributed by atoms with Gasteiger partial charge in [-0.25, -0.2) is 9.59 Å². The zero-order chi connectivity index (χ0) is 15.7. The van der Waals surface area contributed by atoms with Gasteiger partial charge in [0, 0.05) is 0 Å². The number of unbranched alkanes of at least 4 members (excludes halogenated alkanes) is 5. The Kier molecular flexibility index (Phi) is 7.29. The maximum atomic E-state index is 11.2. The van der Waals surface area contributed by atoms with Gasteiger partial charge in [0.1, 0.15) is 11.3 Å². The minimum absolute atomic E-state index is 0.121. The topological polar surface area (TPSA) is 83.8 Å². The number of hydrogen-bond acceptors (Lipinski definition) is 3. The van der Waals surface area contributed by atoms with Crippen molar-refractivity contribution in [1.29, 1.82) is 0 Å². The summed E-state index contributed by atoms with van der Waals surface area (Å²) in [6, 6.07) is 4.25. The van der Waals surface area contributed by atoms with Crippen LogP contribution in [0.3, 0.4) is 0 Å². The number of carbonyl (C=O) groups is 2. The van der Waals surface area contributed by atoms with Crippen LogP contribution in [0.1, 0.15) is 66.2 Å². The molecule has 1 aromatic carbocycles. The summed E-state index contributed by atoms with van der Waals surface area (Å²) in [7, 11) is 0. The van der Waals surface area contributed by atoms with Gasteiger partial charge in [-0.2, -0.15) is 0 Å². The fourth-order valence-corrected chi connectivity index (χ4v) is 2.11. The van der Waals surface area contributed by atoms with E-state index in [1.165, 1.54) is 37.5 Å². The molecule has 0 radical (unpaired) electrons. The molecule has 0 unspecified atom stereocenters. The minimum Gasteiger partial charge on any atom is -0.493 e. The van der Waals surface area contributed by atoms with Crippen molar-refractivity contribution in [3.63, 3.8) is 0 Å². The maximum Gasteiger partial charge on any atom is 0.340 e. The lowest BCUT2D eigenvalue weighted by atomic mass is 10.1. The van der Waals surface area contributed by atoms with Gasteiger partial charge >= 0.3 is 11.9 Å². The number of ether oxygens (including phenoxy) is 1. The van der Waals surface area contributed by atoms with Crippen molar-refractivity contribution in [2.45, 2.75) is 45.4 Å². The highest BCUT2D eigenvalue weighted by Crippen LogP contribution is 2.23. The highest BCUT2D eigenvalue weighted by atomic mass is 16.5. The van der Waals surface area contributed by atoms with Crippen LogP contribution in [0.15, 0.2) is 18.2 Å². The zero-order valence-electron chi connectivity index (χ0n) is 12.3. The number of benzene rings is 1. The fraction of sp³-hybridized carbons (Fsp3) is 0.500. The molecule has 0 spiro atoms. The van der Waals surface area contributed by atoms with E-state index in [1.807, 2.05) is 0 Å². The Morgan fingerprint density at radius 1 is 1.00 bits per heavy atom. The van der Waals surface area contributed by atoms with Crippen LogP contribution >= 0.6 is 0 Å². The number of carboxylic acids is 2. The summed E-state index contributed by atoms with van der Waals surface area (Å²) in [5.74, 6) is -2.43. The molecule has 0 bridgehead atoms. The Morgan fingerprint density at radius 2 is 1.67 bits per heavy atom. The molecule has 0 saturated carbocycles. The maximum absolute atomic E-state index is 11.2. The lowest BCUT2D eigenvalue weighted by Gasteiger charge is -2.11. The van der Waals surface area contributed by atoms with Crippen molar-refractivity contribution in [2.24, 2.45) is 0 Å². The molecule has 5 heteroatoms. The van der Waals surface area contributed by atoms with Crippen LogP contribution < -0.4 is 4.74 Å². The second-order valence-electron chi connectivity index (χ2n) is 4.91. The number of aromatic carboxylic acids is 2. The lowest BCUT2D eigenvalue weighted by Crippen LogP contribution is -2.11. The molecule has 0 amide bonds. The molecule has 0 aliphatic rings. The third-order valence-corrected chi connectivity index (χ3v) is 3.23. The summed E-state index contributed by atoms with van der Waals surface area (Å²) in [6.07, 6.45) is 6.62. The molecule has 0 fully saturated rings. The van der Waals surface area contributed by atoms with Crippen molar-refractivity contribution in [1.82, 2.24) is 0 Å². The predicted octanol–water partition coefficient (Wildman–Crippen LogP) is 3.82. The molecule has 0 heterocycles. The quantitative estimate of drug-likeness (QED) is 0.641. The largest absolute Gasteiger partial charge is 0.493 e. The highest BCUT2D eigenvalue weighted by Gasteiger charge is 2.20. The molecule has 0 aliphatic carbocycles. The Bertz CT molecular complexity index is 482. The molecular weight excluding hydrogens is 272 g/mol. The summed E-state index contributed by atoms with van der Waals surface area (Å²) in [4.78, 5) is 22.2. The SMILES string of the molecule is CCCCCCCCOc1cccc(C(=O)O)c1C(=O)O. The summed E-state index contributed by atoms with van der Waals surface area (Å²) < 4.78 is 5.45. The van der Waals surface area contributed by atoms with E-state index in [-0.39, 0.29) is 16.9 Å². The van der Waals surface area contributed by atoms with Crippen LogP contribution in [-0.4, -0.2) is 28.8 Å². The first-order chi connectivity index (χ1) is 10.1. The molecule has 1 rings (SSSR count). The Morgan fingerprint density at radius 3 is 2.29 bits per heavy atom. The Balaban J connectivity index is 2.57. The van der Waals surface area contributed by atoms with Gasteiger partial charge in [0.2, 0.25) is 0 Å². The third kappa shape index (κ3) is 5.45. The molecular formula is C16H22O5. The first-order valence-corrected chi connectivity index (χ1v) is 7.30. The van der Waals surface area contributed by atoms with E-state index in [9.17, 15) is 9.59 Å². The average molecular weight is 294 g/mol. The molecule has 0 saturated heterocycles. The normalized spacial score (nSPS) is 10.3. The van der Waals surface area contributed by atoms with E-state index in [0.717, 1.165) is 19.3 Å². The van der Waals surface area contributed by atoms with E-state index < -0.39 is 11.9 Å². The number of hydrogen-bond donors (Lipinski definition) is 2. The van der Waals surface area contributed by atoms with Gasteiger partial charge < -0.3 is 14.9 Å². The van der Waals surface area contributed by atoms with E-state index in [4.69, 9.17) is 14.9 Å². The van der Waals surface area contributed by atoms with Gasteiger partial charge in [0.25, 0.3) is 0 Å². The van der Waals surface area contributed by atoms with E-state index in [2.05, 4.69) is 6.92 Å². The molecule has 116 valence electrons. The van der Waals surface area contributed by atoms with E-state index >= 15 is 0 Å². The van der Waals surface area contributed by atoms with Crippen molar-refractivity contribution < 1.29 is 24.5 Å². The summed E-state index contributed by atoms with van der Waals surface area (Å²) in [5, 5.41) is 18.2. The van der Waals surface area contributed by atoms with Crippen molar-refractivity contribution >= 4 is 11.9 Å². The molecule has 0 aliphatic heterocycles. The predicted molar refractivity (Wildman–Crippen MR) is 79.2 cm³/mol. The van der Waals surface area contributed by atoms with Gasteiger partial charge in [-0.05, 0) is 18.6 Å². The average Bonchev–Trinajstić information content (AvgIpc) is 2.45. The molecule has 5 nitrogen and oxygen atoms in total. The van der Waals surface area contributed by atoms with Crippen LogP contribution in [-0.2, 0) is 0 Å². The molecule has 0 atom stereocenters. The van der Waals surface area contributed by atoms with Gasteiger partial charge in [-0.1, -0.05) is 45.1 Å². The van der Waals surface area contributed by atoms with Crippen molar-refractivity contribution in [3.05, 3.63) is 29.3 Å². The first kappa shape index (κ1) is 17.0. The second-order valence-corrected chi connectivity index (χ2v) is 4.91. The van der Waals surface area contributed by atoms with E-state index in [1.54, 1.807) is 0 Å². The third-order valence-electron chi connectivity index (χ3n) is 3.23. The van der Waals surface area contributed by atoms with Crippen molar-refractivity contribution in [2.75, 3.05) is 6.61 Å². The van der Waals surface area contributed by atoms with Crippen LogP contribution in [0.25, 0.3) is 0 Å². The van der Waals surface area contributed by atoms with Crippen LogP contribution in [0.4, 0.5) is 0 Å².